The van der Waals surface area contributed by atoms with Crippen molar-refractivity contribution in [3.05, 3.63) is 72.1 Å². The fraction of sp³-hybridized carbons (Fsp3) is 0.217. The number of ether oxygens (including phenoxy) is 2. The van der Waals surface area contributed by atoms with Crippen LogP contribution in [0, 0.1) is 6.92 Å². The summed E-state index contributed by atoms with van der Waals surface area (Å²) >= 11 is 0. The van der Waals surface area contributed by atoms with E-state index in [9.17, 15) is 8.42 Å². The number of rotatable bonds is 10. The van der Waals surface area contributed by atoms with E-state index in [1.165, 1.54) is 0 Å². The Morgan fingerprint density at radius 2 is 1.91 bits per heavy atom. The average Bonchev–Trinajstić information content (AvgIpc) is 3.20. The van der Waals surface area contributed by atoms with Crippen molar-refractivity contribution in [2.24, 2.45) is 0 Å². The van der Waals surface area contributed by atoms with Gasteiger partial charge in [-0.25, -0.2) is 0 Å². The molecule has 2 aromatic carbocycles. The number of nitrogens with zero attached hydrogens (tertiary/aromatic N) is 2. The first-order valence-electron chi connectivity index (χ1n) is 10.3. The van der Waals surface area contributed by atoms with Crippen molar-refractivity contribution in [3.8, 4) is 11.6 Å². The van der Waals surface area contributed by atoms with E-state index in [1.807, 2.05) is 55.5 Å². The molecule has 4 aromatic rings. The van der Waals surface area contributed by atoms with Crippen LogP contribution in [0.4, 0.5) is 11.4 Å². The summed E-state index contributed by atoms with van der Waals surface area (Å²) in [5.74, 6) is 0.747. The fourth-order valence-corrected chi connectivity index (χ4v) is 3.81. The summed E-state index contributed by atoms with van der Waals surface area (Å²) in [6, 6.07) is 15.8. The minimum atomic E-state index is -4.03. The molecule has 2 heterocycles. The lowest BCUT2D eigenvalue weighted by Crippen LogP contribution is -2.08. The quantitative estimate of drug-likeness (QED) is 0.233. The summed E-state index contributed by atoms with van der Waals surface area (Å²) in [6.07, 6.45) is 3.44. The van der Waals surface area contributed by atoms with E-state index in [-0.39, 0.29) is 18.8 Å². The number of benzene rings is 2. The van der Waals surface area contributed by atoms with Crippen LogP contribution < -0.4 is 14.8 Å². The van der Waals surface area contributed by atoms with Crippen molar-refractivity contribution in [1.29, 1.82) is 0 Å². The molecule has 2 aromatic heterocycles. The molecule has 0 saturated heterocycles. The summed E-state index contributed by atoms with van der Waals surface area (Å²) in [6.45, 7) is 2.56. The van der Waals surface area contributed by atoms with E-state index >= 15 is 0 Å². The van der Waals surface area contributed by atoms with Crippen LogP contribution in [0.1, 0.15) is 17.5 Å². The maximum Gasteiger partial charge on any atom is 0.264 e. The molecule has 0 radical (unpaired) electrons. The zero-order valence-corrected chi connectivity index (χ0v) is 18.8. The molecule has 0 aliphatic carbocycles. The highest BCUT2D eigenvalue weighted by molar-refractivity contribution is 7.85. The summed E-state index contributed by atoms with van der Waals surface area (Å²) in [5.41, 5.74) is 4.27. The van der Waals surface area contributed by atoms with Gasteiger partial charge in [-0.3, -0.25) is 14.6 Å². The van der Waals surface area contributed by atoms with Gasteiger partial charge in [0, 0.05) is 5.69 Å². The third kappa shape index (κ3) is 5.99. The molecular weight excluding hydrogens is 444 g/mol. The molecule has 0 aliphatic rings. The van der Waals surface area contributed by atoms with Crippen molar-refractivity contribution < 1.29 is 22.4 Å². The molecule has 0 fully saturated rings. The van der Waals surface area contributed by atoms with Crippen molar-refractivity contribution >= 4 is 32.4 Å². The molecule has 0 amide bonds. The summed E-state index contributed by atoms with van der Waals surface area (Å²) in [7, 11) is -4.03. The Bertz CT molecular complexity index is 1340. The van der Waals surface area contributed by atoms with Gasteiger partial charge in [0.15, 0.2) is 0 Å². The predicted octanol–water partition coefficient (Wildman–Crippen LogP) is 4.25. The van der Waals surface area contributed by atoms with Crippen molar-refractivity contribution in [2.45, 2.75) is 20.0 Å². The molecule has 33 heavy (non-hydrogen) atoms. The minimum absolute atomic E-state index is 0.0913. The van der Waals surface area contributed by atoms with Gasteiger partial charge < -0.3 is 14.8 Å². The molecule has 0 bridgehead atoms. The first-order chi connectivity index (χ1) is 15.9. The van der Waals surface area contributed by atoms with Crippen molar-refractivity contribution in [1.82, 2.24) is 15.2 Å². The zero-order valence-electron chi connectivity index (χ0n) is 18.0. The van der Waals surface area contributed by atoms with Crippen LogP contribution in [0.5, 0.6) is 11.6 Å². The van der Waals surface area contributed by atoms with E-state index in [0.717, 1.165) is 22.6 Å². The van der Waals surface area contributed by atoms with Gasteiger partial charge in [0.1, 0.15) is 12.4 Å². The van der Waals surface area contributed by atoms with Crippen LogP contribution in [-0.4, -0.2) is 40.5 Å². The van der Waals surface area contributed by atoms with Gasteiger partial charge in [0.2, 0.25) is 5.88 Å². The average molecular weight is 469 g/mol. The Morgan fingerprint density at radius 3 is 2.67 bits per heavy atom. The van der Waals surface area contributed by atoms with Crippen LogP contribution in [0.2, 0.25) is 0 Å². The monoisotopic (exact) mass is 468 g/mol. The van der Waals surface area contributed by atoms with E-state index in [1.54, 1.807) is 12.4 Å². The van der Waals surface area contributed by atoms with Crippen LogP contribution in [0.25, 0.3) is 10.9 Å². The third-order valence-electron chi connectivity index (χ3n) is 4.91. The van der Waals surface area contributed by atoms with E-state index in [4.69, 9.17) is 14.0 Å². The largest absolute Gasteiger partial charge is 0.489 e. The van der Waals surface area contributed by atoms with Gasteiger partial charge in [0.05, 0.1) is 41.3 Å². The number of aromatic nitrogens is 3. The SMILES string of the molecule is Cc1cc(Nc2cncc3[nH]nc(OCCCS(=O)(=O)O)c23)ccc1OCc1ccccc1. The number of fused-ring (bicyclic) bond motifs is 1. The topological polar surface area (TPSA) is 126 Å². The maximum atomic E-state index is 10.9. The normalized spacial score (nSPS) is 11.5. The highest BCUT2D eigenvalue weighted by Gasteiger charge is 2.14. The molecule has 10 heteroatoms. The molecule has 0 unspecified atom stereocenters. The van der Waals surface area contributed by atoms with Gasteiger partial charge in [0.25, 0.3) is 10.1 Å². The lowest BCUT2D eigenvalue weighted by Gasteiger charge is -2.13. The summed E-state index contributed by atoms with van der Waals surface area (Å²) in [5, 5.41) is 11.0. The van der Waals surface area contributed by atoms with Gasteiger partial charge >= 0.3 is 0 Å². The number of nitrogens with one attached hydrogen (secondary N) is 2. The van der Waals surface area contributed by atoms with Gasteiger partial charge in [-0.2, -0.15) is 8.42 Å². The van der Waals surface area contributed by atoms with Gasteiger partial charge in [-0.15, -0.1) is 5.10 Å². The molecule has 4 rings (SSSR count). The Balaban J connectivity index is 1.47. The van der Waals surface area contributed by atoms with Gasteiger partial charge in [-0.05, 0) is 42.7 Å². The first kappa shape index (κ1) is 22.6. The second kappa shape index (κ2) is 9.88. The molecule has 0 aliphatic heterocycles. The first-order valence-corrected chi connectivity index (χ1v) is 11.9. The van der Waals surface area contributed by atoms with E-state index < -0.39 is 10.1 Å². The second-order valence-corrected chi connectivity index (χ2v) is 9.08. The molecule has 0 spiro atoms. The van der Waals surface area contributed by atoms with Crippen LogP contribution in [-0.2, 0) is 16.7 Å². The smallest absolute Gasteiger partial charge is 0.264 e. The molecule has 0 saturated carbocycles. The lowest BCUT2D eigenvalue weighted by molar-refractivity contribution is 0.304. The number of pyridine rings is 1. The van der Waals surface area contributed by atoms with Crippen LogP contribution in [0.3, 0.4) is 0 Å². The van der Waals surface area contributed by atoms with E-state index in [2.05, 4.69) is 20.5 Å². The van der Waals surface area contributed by atoms with Crippen molar-refractivity contribution in [3.63, 3.8) is 0 Å². The predicted molar refractivity (Wildman–Crippen MR) is 126 cm³/mol. The third-order valence-corrected chi connectivity index (χ3v) is 5.72. The molecule has 9 nitrogen and oxygen atoms in total. The molecule has 0 atom stereocenters. The number of aryl methyl sites for hydroxylation is 1. The molecule has 3 N–H and O–H groups in total. The highest BCUT2D eigenvalue weighted by Crippen LogP contribution is 2.32. The minimum Gasteiger partial charge on any atom is -0.489 e. The molecule has 172 valence electrons. The number of aromatic amines is 1. The standard InChI is InChI=1S/C23H24N4O5S/c1-16-12-18(8-9-21(16)32-15-17-6-3-2-4-7-17)25-19-13-24-14-20-22(19)23(27-26-20)31-10-5-11-33(28,29)30/h2-4,6-9,12-14,25H,5,10-11,15H2,1H3,(H,26,27)(H,28,29,30). The highest BCUT2D eigenvalue weighted by atomic mass is 32.2. The number of anilines is 2. The Kier molecular flexibility index (Phi) is 6.76. The van der Waals surface area contributed by atoms with E-state index in [0.29, 0.717) is 29.1 Å². The zero-order chi connectivity index (χ0) is 23.3. The summed E-state index contributed by atoms with van der Waals surface area (Å²) in [4.78, 5) is 4.23. The number of hydrogen-bond donors (Lipinski definition) is 3. The molecular formula is C23H24N4O5S. The number of H-pyrrole nitrogens is 1. The lowest BCUT2D eigenvalue weighted by atomic mass is 10.2. The Labute approximate surface area is 191 Å². The Morgan fingerprint density at radius 1 is 1.09 bits per heavy atom. The second-order valence-electron chi connectivity index (χ2n) is 7.51. The van der Waals surface area contributed by atoms with Crippen molar-refractivity contribution in [2.75, 3.05) is 17.7 Å². The van der Waals surface area contributed by atoms with Crippen LogP contribution >= 0.6 is 0 Å². The maximum absolute atomic E-state index is 10.9. The number of hydrogen-bond acceptors (Lipinski definition) is 7. The summed E-state index contributed by atoms with van der Waals surface area (Å²) < 4.78 is 42.2. The van der Waals surface area contributed by atoms with Gasteiger partial charge in [-0.1, -0.05) is 30.3 Å². The fourth-order valence-electron chi connectivity index (χ4n) is 3.33. The Hall–Kier alpha value is -3.63. The van der Waals surface area contributed by atoms with Crippen LogP contribution in [0.15, 0.2) is 60.9 Å².